The fourth-order valence-electron chi connectivity index (χ4n) is 3.36. The lowest BCUT2D eigenvalue weighted by Crippen LogP contribution is -2.37. The number of hydrogen-bond donors (Lipinski definition) is 0. The molecule has 0 bridgehead atoms. The van der Waals surface area contributed by atoms with Gasteiger partial charge in [-0.3, -0.25) is 4.79 Å². The highest BCUT2D eigenvalue weighted by Crippen LogP contribution is 2.38. The molecule has 0 spiro atoms. The summed E-state index contributed by atoms with van der Waals surface area (Å²) < 4.78 is 10.4. The molecular formula is C19H24ClN3O4S. The predicted octanol–water partition coefficient (Wildman–Crippen LogP) is 4.00. The Morgan fingerprint density at radius 1 is 1.21 bits per heavy atom. The van der Waals surface area contributed by atoms with Crippen molar-refractivity contribution in [2.75, 3.05) is 31.2 Å². The number of aromatic nitrogens is 2. The molecule has 0 radical (unpaired) electrons. The zero-order valence-corrected chi connectivity index (χ0v) is 17.9. The molecule has 1 fully saturated rings. The average Bonchev–Trinajstić information content (AvgIpc) is 3.02. The maximum Gasteiger partial charge on any atom is 0.348 e. The Kier molecular flexibility index (Phi) is 6.72. The van der Waals surface area contributed by atoms with Crippen molar-refractivity contribution in [3.63, 3.8) is 0 Å². The molecule has 3 heterocycles. The van der Waals surface area contributed by atoms with Crippen LogP contribution in [0.1, 0.15) is 48.3 Å². The van der Waals surface area contributed by atoms with Crippen molar-refractivity contribution in [1.29, 1.82) is 0 Å². The second-order valence-corrected chi connectivity index (χ2v) is 8.04. The number of rotatable bonds is 6. The van der Waals surface area contributed by atoms with E-state index in [1.54, 1.807) is 0 Å². The van der Waals surface area contributed by atoms with Gasteiger partial charge in [0, 0.05) is 13.1 Å². The van der Waals surface area contributed by atoms with E-state index in [1.807, 2.05) is 20.8 Å². The van der Waals surface area contributed by atoms with Crippen LogP contribution in [0, 0.1) is 12.8 Å². The van der Waals surface area contributed by atoms with Gasteiger partial charge in [-0.2, -0.15) is 4.98 Å². The Labute approximate surface area is 173 Å². The summed E-state index contributed by atoms with van der Waals surface area (Å²) in [6.45, 7) is 7.75. The molecule has 1 aliphatic rings. The summed E-state index contributed by atoms with van der Waals surface area (Å²) in [6, 6.07) is 0. The Hall–Kier alpha value is -1.93. The number of nitrogens with zero attached hydrogens (tertiary/aromatic N) is 3. The third-order valence-electron chi connectivity index (χ3n) is 4.78. The van der Waals surface area contributed by atoms with Gasteiger partial charge in [0.2, 0.25) is 5.28 Å². The van der Waals surface area contributed by atoms with E-state index in [9.17, 15) is 9.59 Å². The number of thiophene rings is 1. The van der Waals surface area contributed by atoms with Crippen molar-refractivity contribution >= 4 is 50.9 Å². The van der Waals surface area contributed by atoms with Crippen LogP contribution in [-0.4, -0.2) is 48.2 Å². The largest absolute Gasteiger partial charge is 0.466 e. The molecule has 7 nitrogen and oxygen atoms in total. The minimum absolute atomic E-state index is 0.0906. The van der Waals surface area contributed by atoms with E-state index >= 15 is 0 Å². The van der Waals surface area contributed by atoms with E-state index in [-0.39, 0.29) is 23.1 Å². The van der Waals surface area contributed by atoms with Gasteiger partial charge in [-0.25, -0.2) is 9.78 Å². The number of piperidine rings is 1. The highest BCUT2D eigenvalue weighted by atomic mass is 35.5. The number of carbonyl (C=O) groups is 2. The van der Waals surface area contributed by atoms with Crippen LogP contribution in [0.2, 0.25) is 5.28 Å². The lowest BCUT2D eigenvalue weighted by molar-refractivity contribution is -0.148. The summed E-state index contributed by atoms with van der Waals surface area (Å²) in [6.07, 6.45) is 2.15. The first-order valence-electron chi connectivity index (χ1n) is 9.51. The molecule has 0 aliphatic carbocycles. The molecule has 2 aromatic heterocycles. The van der Waals surface area contributed by atoms with Crippen LogP contribution in [0.15, 0.2) is 0 Å². The maximum atomic E-state index is 12.4. The van der Waals surface area contributed by atoms with E-state index in [1.165, 1.54) is 11.3 Å². The molecule has 0 aromatic carbocycles. The molecule has 0 unspecified atom stereocenters. The molecular weight excluding hydrogens is 402 g/mol. The zero-order chi connectivity index (χ0) is 20.3. The van der Waals surface area contributed by atoms with Crippen LogP contribution in [0.3, 0.4) is 0 Å². The van der Waals surface area contributed by atoms with E-state index in [4.69, 9.17) is 21.1 Å². The molecule has 3 rings (SSSR count). The number of aryl methyl sites for hydroxylation is 1. The van der Waals surface area contributed by atoms with Gasteiger partial charge >= 0.3 is 11.9 Å². The summed E-state index contributed by atoms with van der Waals surface area (Å²) in [5.41, 5.74) is 0.806. The highest BCUT2D eigenvalue weighted by molar-refractivity contribution is 7.20. The smallest absolute Gasteiger partial charge is 0.348 e. The Morgan fingerprint density at radius 2 is 1.93 bits per heavy atom. The number of hydrogen-bond acceptors (Lipinski definition) is 8. The number of ether oxygens (including phenoxy) is 2. The fraction of sp³-hybridized carbons (Fsp3) is 0.579. The number of esters is 2. The number of carbonyl (C=O) groups excluding carboxylic acids is 2. The molecule has 0 atom stereocenters. The van der Waals surface area contributed by atoms with Crippen molar-refractivity contribution in [1.82, 2.24) is 9.97 Å². The molecule has 0 N–H and O–H groups in total. The molecule has 9 heteroatoms. The van der Waals surface area contributed by atoms with Crippen molar-refractivity contribution in [2.45, 2.75) is 40.0 Å². The average molecular weight is 426 g/mol. The third-order valence-corrected chi connectivity index (χ3v) is 6.12. The normalized spacial score (nSPS) is 15.1. The van der Waals surface area contributed by atoms with Crippen molar-refractivity contribution in [3.05, 3.63) is 15.7 Å². The molecule has 1 aliphatic heterocycles. The summed E-state index contributed by atoms with van der Waals surface area (Å²) in [7, 11) is 0. The monoisotopic (exact) mass is 425 g/mol. The standard InChI is InChI=1S/C19H24ClN3O4S/c1-4-10-27-18(25)14-11(3)13-15(21-19(20)22-16(13)28-14)23-8-6-12(7-9-23)17(24)26-5-2/h12H,4-10H2,1-3H3. The molecule has 1 saturated heterocycles. The van der Waals surface area contributed by atoms with Crippen LogP contribution in [0.4, 0.5) is 5.82 Å². The first-order chi connectivity index (χ1) is 13.5. The Bertz CT molecular complexity index is 878. The first kappa shape index (κ1) is 20.8. The molecule has 0 saturated carbocycles. The van der Waals surface area contributed by atoms with Crippen LogP contribution >= 0.6 is 22.9 Å². The summed E-state index contributed by atoms with van der Waals surface area (Å²) in [5.74, 6) is 0.138. The Balaban J connectivity index is 1.88. The summed E-state index contributed by atoms with van der Waals surface area (Å²) >= 11 is 7.43. The molecule has 2 aromatic rings. The molecule has 0 amide bonds. The highest BCUT2D eigenvalue weighted by Gasteiger charge is 2.29. The van der Waals surface area contributed by atoms with Crippen LogP contribution in [0.25, 0.3) is 10.2 Å². The lowest BCUT2D eigenvalue weighted by atomic mass is 9.97. The van der Waals surface area contributed by atoms with E-state index < -0.39 is 0 Å². The predicted molar refractivity (Wildman–Crippen MR) is 109 cm³/mol. The zero-order valence-electron chi connectivity index (χ0n) is 16.3. The van der Waals surface area contributed by atoms with E-state index in [0.29, 0.717) is 54.7 Å². The van der Waals surface area contributed by atoms with Crippen molar-refractivity contribution in [2.24, 2.45) is 5.92 Å². The topological polar surface area (TPSA) is 81.6 Å². The lowest BCUT2D eigenvalue weighted by Gasteiger charge is -2.32. The number of anilines is 1. The SMILES string of the molecule is CCCOC(=O)c1sc2nc(Cl)nc(N3CCC(C(=O)OCC)CC3)c2c1C. The maximum absolute atomic E-state index is 12.4. The summed E-state index contributed by atoms with van der Waals surface area (Å²) in [5, 5.41) is 0.970. The number of halogens is 1. The van der Waals surface area contributed by atoms with E-state index in [2.05, 4.69) is 14.9 Å². The quantitative estimate of drug-likeness (QED) is 0.511. The van der Waals surface area contributed by atoms with Crippen molar-refractivity contribution in [3.8, 4) is 0 Å². The van der Waals surface area contributed by atoms with Gasteiger partial charge in [0.15, 0.2) is 0 Å². The minimum Gasteiger partial charge on any atom is -0.466 e. The van der Waals surface area contributed by atoms with Gasteiger partial charge in [-0.15, -0.1) is 11.3 Å². The molecule has 152 valence electrons. The second-order valence-electron chi connectivity index (χ2n) is 6.70. The minimum atomic E-state index is -0.342. The van der Waals surface area contributed by atoms with Gasteiger partial charge < -0.3 is 14.4 Å². The fourth-order valence-corrected chi connectivity index (χ4v) is 4.65. The van der Waals surface area contributed by atoms with Crippen LogP contribution in [0.5, 0.6) is 0 Å². The van der Waals surface area contributed by atoms with Gasteiger partial charge in [-0.1, -0.05) is 6.92 Å². The summed E-state index contributed by atoms with van der Waals surface area (Å²) in [4.78, 5) is 36.4. The second kappa shape index (κ2) is 9.05. The van der Waals surface area contributed by atoms with Crippen molar-refractivity contribution < 1.29 is 19.1 Å². The van der Waals surface area contributed by atoms with Crippen LogP contribution < -0.4 is 4.90 Å². The third kappa shape index (κ3) is 4.22. The van der Waals surface area contributed by atoms with Crippen LogP contribution in [-0.2, 0) is 14.3 Å². The van der Waals surface area contributed by atoms with Gasteiger partial charge in [-0.05, 0) is 50.3 Å². The number of fused-ring (bicyclic) bond motifs is 1. The first-order valence-corrected chi connectivity index (χ1v) is 10.7. The van der Waals surface area contributed by atoms with Gasteiger partial charge in [0.25, 0.3) is 0 Å². The van der Waals surface area contributed by atoms with Gasteiger partial charge in [0.05, 0.1) is 24.5 Å². The molecule has 28 heavy (non-hydrogen) atoms. The van der Waals surface area contributed by atoms with E-state index in [0.717, 1.165) is 17.4 Å². The van der Waals surface area contributed by atoms with Gasteiger partial charge in [0.1, 0.15) is 15.5 Å². The Morgan fingerprint density at radius 3 is 2.57 bits per heavy atom.